The Morgan fingerprint density at radius 1 is 1.14 bits per heavy atom. The van der Waals surface area contributed by atoms with Crippen LogP contribution in [-0.2, 0) is 16.1 Å². The fraction of sp³-hybridized carbons (Fsp3) is 0.286. The number of carbonyl (C=O) groups excluding carboxylic acids is 3. The average molecular weight is 379 g/mol. The van der Waals surface area contributed by atoms with Crippen LogP contribution < -0.4 is 20.3 Å². The third-order valence-corrected chi connectivity index (χ3v) is 4.93. The van der Waals surface area contributed by atoms with Gasteiger partial charge in [0.25, 0.3) is 11.8 Å². The Hall–Kier alpha value is -3.35. The Bertz CT molecular complexity index is 935. The van der Waals surface area contributed by atoms with E-state index >= 15 is 0 Å². The van der Waals surface area contributed by atoms with Gasteiger partial charge in [-0.05, 0) is 48.7 Å². The van der Waals surface area contributed by atoms with Gasteiger partial charge in [-0.25, -0.2) is 0 Å². The Balaban J connectivity index is 1.39. The fourth-order valence-corrected chi connectivity index (χ4v) is 3.01. The van der Waals surface area contributed by atoms with E-state index < -0.39 is 0 Å². The van der Waals surface area contributed by atoms with Crippen molar-refractivity contribution in [3.05, 3.63) is 53.6 Å². The highest BCUT2D eigenvalue weighted by atomic mass is 16.5. The van der Waals surface area contributed by atoms with Crippen molar-refractivity contribution in [3.63, 3.8) is 0 Å². The second-order valence-corrected chi connectivity index (χ2v) is 7.07. The van der Waals surface area contributed by atoms with Crippen molar-refractivity contribution in [2.24, 2.45) is 5.92 Å². The van der Waals surface area contributed by atoms with E-state index in [2.05, 4.69) is 10.6 Å². The maximum atomic E-state index is 12.5. The molecule has 1 aliphatic heterocycles. The van der Waals surface area contributed by atoms with E-state index in [0.29, 0.717) is 29.2 Å². The Labute approximate surface area is 162 Å². The molecule has 4 rings (SSSR count). The van der Waals surface area contributed by atoms with Gasteiger partial charge in [0.15, 0.2) is 6.61 Å². The molecule has 28 heavy (non-hydrogen) atoms. The number of anilines is 2. The zero-order valence-corrected chi connectivity index (χ0v) is 15.5. The molecule has 0 aromatic heterocycles. The summed E-state index contributed by atoms with van der Waals surface area (Å²) in [6.45, 7) is 0.477. The summed E-state index contributed by atoms with van der Waals surface area (Å²) in [6.07, 6.45) is 1.95. The summed E-state index contributed by atoms with van der Waals surface area (Å²) in [4.78, 5) is 37.5. The predicted molar refractivity (Wildman–Crippen MR) is 104 cm³/mol. The maximum absolute atomic E-state index is 12.5. The van der Waals surface area contributed by atoms with Gasteiger partial charge in [0.1, 0.15) is 5.75 Å². The maximum Gasteiger partial charge on any atom is 0.264 e. The number of hydrogen-bond donors (Lipinski definition) is 2. The van der Waals surface area contributed by atoms with Crippen LogP contribution in [0.15, 0.2) is 42.5 Å². The van der Waals surface area contributed by atoms with Crippen LogP contribution in [0.5, 0.6) is 5.75 Å². The lowest BCUT2D eigenvalue weighted by Gasteiger charge is -2.26. The van der Waals surface area contributed by atoms with E-state index in [0.717, 1.165) is 18.4 Å². The molecule has 2 N–H and O–H groups in total. The van der Waals surface area contributed by atoms with Crippen molar-refractivity contribution in [2.75, 3.05) is 23.9 Å². The molecule has 1 heterocycles. The first-order valence-electron chi connectivity index (χ1n) is 9.22. The van der Waals surface area contributed by atoms with Gasteiger partial charge in [0.2, 0.25) is 5.91 Å². The largest absolute Gasteiger partial charge is 0.482 e. The van der Waals surface area contributed by atoms with Gasteiger partial charge >= 0.3 is 0 Å². The van der Waals surface area contributed by atoms with Crippen molar-refractivity contribution >= 4 is 29.1 Å². The number of nitrogens with zero attached hydrogens (tertiary/aromatic N) is 1. The fourth-order valence-electron chi connectivity index (χ4n) is 3.01. The van der Waals surface area contributed by atoms with Gasteiger partial charge in [-0.2, -0.15) is 0 Å². The topological polar surface area (TPSA) is 87.7 Å². The monoisotopic (exact) mass is 379 g/mol. The molecule has 2 aliphatic rings. The molecular formula is C21H21N3O4. The average Bonchev–Trinajstić information content (AvgIpc) is 3.55. The minimum absolute atomic E-state index is 0.0165. The molecule has 1 saturated carbocycles. The number of hydrogen-bond acceptors (Lipinski definition) is 4. The molecule has 0 atom stereocenters. The van der Waals surface area contributed by atoms with E-state index in [9.17, 15) is 14.4 Å². The number of benzene rings is 2. The number of carbonyl (C=O) groups is 3. The Morgan fingerprint density at radius 2 is 1.89 bits per heavy atom. The minimum Gasteiger partial charge on any atom is -0.482 e. The summed E-state index contributed by atoms with van der Waals surface area (Å²) < 4.78 is 5.39. The molecule has 3 amide bonds. The summed E-state index contributed by atoms with van der Waals surface area (Å²) in [7, 11) is 1.68. The van der Waals surface area contributed by atoms with Gasteiger partial charge in [0, 0.05) is 30.8 Å². The summed E-state index contributed by atoms with van der Waals surface area (Å²) in [6, 6.07) is 12.3. The molecule has 0 unspecified atom stereocenters. The highest BCUT2D eigenvalue weighted by Crippen LogP contribution is 2.33. The van der Waals surface area contributed by atoms with Crippen molar-refractivity contribution in [1.29, 1.82) is 0 Å². The van der Waals surface area contributed by atoms with Gasteiger partial charge in [-0.15, -0.1) is 0 Å². The number of amides is 3. The van der Waals surface area contributed by atoms with Crippen LogP contribution in [-0.4, -0.2) is 31.4 Å². The standard InChI is InChI=1S/C21H21N3O4/c1-24-17-10-16(8-9-18(17)28-12-19(24)25)23-21(27)15-4-2-13(3-5-15)11-22-20(26)14-6-7-14/h2-5,8-10,14H,6-7,11-12H2,1H3,(H,22,26)(H,23,27). The number of likely N-dealkylation sites (N-methyl/N-ethyl adjacent to an activating group) is 1. The quantitative estimate of drug-likeness (QED) is 0.835. The summed E-state index contributed by atoms with van der Waals surface area (Å²) in [5, 5.41) is 5.74. The third-order valence-electron chi connectivity index (χ3n) is 4.93. The Kier molecular flexibility index (Phi) is 4.73. The molecule has 0 bridgehead atoms. The summed E-state index contributed by atoms with van der Waals surface area (Å²) >= 11 is 0. The van der Waals surface area contributed by atoms with Gasteiger partial charge in [-0.3, -0.25) is 14.4 Å². The van der Waals surface area contributed by atoms with E-state index in [1.165, 1.54) is 4.90 Å². The summed E-state index contributed by atoms with van der Waals surface area (Å²) in [5.74, 6) is 0.500. The lowest BCUT2D eigenvalue weighted by atomic mass is 10.1. The third kappa shape index (κ3) is 3.83. The second kappa shape index (κ2) is 7.34. The van der Waals surface area contributed by atoms with Crippen LogP contribution in [0.3, 0.4) is 0 Å². The number of ether oxygens (including phenoxy) is 1. The molecule has 0 saturated heterocycles. The zero-order chi connectivity index (χ0) is 19.7. The second-order valence-electron chi connectivity index (χ2n) is 7.07. The molecule has 0 radical (unpaired) electrons. The first-order chi connectivity index (χ1) is 13.5. The van der Waals surface area contributed by atoms with E-state index in [1.807, 2.05) is 12.1 Å². The number of nitrogens with one attached hydrogen (secondary N) is 2. The van der Waals surface area contributed by atoms with Crippen molar-refractivity contribution in [3.8, 4) is 5.75 Å². The van der Waals surface area contributed by atoms with Crippen molar-refractivity contribution < 1.29 is 19.1 Å². The van der Waals surface area contributed by atoms with E-state index in [4.69, 9.17) is 4.74 Å². The normalized spacial score (nSPS) is 15.5. The van der Waals surface area contributed by atoms with E-state index in [-0.39, 0.29) is 30.2 Å². The smallest absolute Gasteiger partial charge is 0.264 e. The highest BCUT2D eigenvalue weighted by molar-refractivity contribution is 6.05. The van der Waals surface area contributed by atoms with Gasteiger partial charge in [-0.1, -0.05) is 12.1 Å². The number of rotatable bonds is 5. The number of fused-ring (bicyclic) bond motifs is 1. The molecule has 2 aromatic carbocycles. The molecule has 1 aliphatic carbocycles. The predicted octanol–water partition coefficient (Wildman–Crippen LogP) is 2.32. The van der Waals surface area contributed by atoms with Gasteiger partial charge < -0.3 is 20.3 Å². The van der Waals surface area contributed by atoms with Crippen LogP contribution in [0, 0.1) is 5.92 Å². The van der Waals surface area contributed by atoms with Crippen molar-refractivity contribution in [1.82, 2.24) is 5.32 Å². The van der Waals surface area contributed by atoms with Gasteiger partial charge in [0.05, 0.1) is 5.69 Å². The SMILES string of the molecule is CN1C(=O)COc2ccc(NC(=O)c3ccc(CNC(=O)C4CC4)cc3)cc21. The molecule has 1 fully saturated rings. The lowest BCUT2D eigenvalue weighted by Crippen LogP contribution is -2.35. The van der Waals surface area contributed by atoms with E-state index in [1.54, 1.807) is 37.4 Å². The minimum atomic E-state index is -0.251. The molecule has 7 heteroatoms. The van der Waals surface area contributed by atoms with Crippen LogP contribution >= 0.6 is 0 Å². The van der Waals surface area contributed by atoms with Crippen LogP contribution in [0.1, 0.15) is 28.8 Å². The summed E-state index contributed by atoms with van der Waals surface area (Å²) in [5.41, 5.74) is 2.65. The van der Waals surface area contributed by atoms with Crippen molar-refractivity contribution in [2.45, 2.75) is 19.4 Å². The molecule has 2 aromatic rings. The first kappa shape index (κ1) is 18.0. The first-order valence-corrected chi connectivity index (χ1v) is 9.22. The molecular weight excluding hydrogens is 358 g/mol. The molecule has 0 spiro atoms. The molecule has 144 valence electrons. The van der Waals surface area contributed by atoms with Crippen LogP contribution in [0.2, 0.25) is 0 Å². The van der Waals surface area contributed by atoms with Crippen LogP contribution in [0.4, 0.5) is 11.4 Å². The highest BCUT2D eigenvalue weighted by Gasteiger charge is 2.29. The zero-order valence-electron chi connectivity index (χ0n) is 15.5. The lowest BCUT2D eigenvalue weighted by molar-refractivity contribution is -0.122. The molecule has 7 nitrogen and oxygen atoms in total. The van der Waals surface area contributed by atoms with Crippen LogP contribution in [0.25, 0.3) is 0 Å². The Morgan fingerprint density at radius 3 is 2.61 bits per heavy atom.